The van der Waals surface area contributed by atoms with Crippen molar-refractivity contribution in [1.82, 2.24) is 4.98 Å². The Labute approximate surface area is 112 Å². The highest BCUT2D eigenvalue weighted by atomic mass is 16.5. The van der Waals surface area contributed by atoms with Gasteiger partial charge in [0.05, 0.1) is 5.56 Å². The molecule has 0 amide bonds. The number of nitrogens with one attached hydrogen (secondary N) is 1. The summed E-state index contributed by atoms with van der Waals surface area (Å²) in [5.41, 5.74) is 8.91. The van der Waals surface area contributed by atoms with Gasteiger partial charge in [0.1, 0.15) is 11.6 Å². The Balaban J connectivity index is 2.51. The SMILES string of the molecule is Cc1cc(C)c(C(=N)N)c(Oc2ccccc2C)n1. The van der Waals surface area contributed by atoms with Crippen LogP contribution in [0, 0.1) is 26.2 Å². The van der Waals surface area contributed by atoms with Gasteiger partial charge in [0.2, 0.25) is 5.88 Å². The van der Waals surface area contributed by atoms with Crippen LogP contribution in [0.5, 0.6) is 11.6 Å². The molecule has 0 spiro atoms. The molecule has 98 valence electrons. The lowest BCUT2D eigenvalue weighted by molar-refractivity contribution is 0.456. The smallest absolute Gasteiger partial charge is 0.230 e. The Morgan fingerprint density at radius 2 is 1.84 bits per heavy atom. The Morgan fingerprint density at radius 3 is 2.47 bits per heavy atom. The summed E-state index contributed by atoms with van der Waals surface area (Å²) < 4.78 is 5.83. The second-order valence-electron chi connectivity index (χ2n) is 4.54. The lowest BCUT2D eigenvalue weighted by atomic mass is 10.1. The predicted octanol–water partition coefficient (Wildman–Crippen LogP) is 3.08. The van der Waals surface area contributed by atoms with Crippen LogP contribution in [0.3, 0.4) is 0 Å². The van der Waals surface area contributed by atoms with Gasteiger partial charge in [-0.25, -0.2) is 4.98 Å². The quantitative estimate of drug-likeness (QED) is 0.654. The van der Waals surface area contributed by atoms with Crippen molar-refractivity contribution < 1.29 is 4.74 Å². The van der Waals surface area contributed by atoms with Crippen LogP contribution in [0.15, 0.2) is 30.3 Å². The number of hydrogen-bond donors (Lipinski definition) is 2. The lowest BCUT2D eigenvalue weighted by Gasteiger charge is -2.13. The molecule has 19 heavy (non-hydrogen) atoms. The van der Waals surface area contributed by atoms with E-state index in [4.69, 9.17) is 15.9 Å². The highest BCUT2D eigenvalue weighted by molar-refractivity contribution is 5.98. The van der Waals surface area contributed by atoms with E-state index < -0.39 is 0 Å². The number of nitrogens with zero attached hydrogens (tertiary/aromatic N) is 1. The van der Waals surface area contributed by atoms with Crippen molar-refractivity contribution in [2.24, 2.45) is 5.73 Å². The molecule has 1 aromatic heterocycles. The van der Waals surface area contributed by atoms with Gasteiger partial charge in [0.25, 0.3) is 0 Å². The van der Waals surface area contributed by atoms with E-state index in [9.17, 15) is 0 Å². The third-order valence-electron chi connectivity index (χ3n) is 2.88. The van der Waals surface area contributed by atoms with E-state index in [1.807, 2.05) is 51.1 Å². The number of rotatable bonds is 3. The monoisotopic (exact) mass is 255 g/mol. The van der Waals surface area contributed by atoms with Gasteiger partial charge in [-0.3, -0.25) is 5.41 Å². The van der Waals surface area contributed by atoms with Gasteiger partial charge in [-0.1, -0.05) is 18.2 Å². The van der Waals surface area contributed by atoms with Gasteiger partial charge >= 0.3 is 0 Å². The third-order valence-corrected chi connectivity index (χ3v) is 2.88. The highest BCUT2D eigenvalue weighted by Crippen LogP contribution is 2.28. The van der Waals surface area contributed by atoms with Gasteiger partial charge in [-0.15, -0.1) is 0 Å². The van der Waals surface area contributed by atoms with Crippen LogP contribution >= 0.6 is 0 Å². The minimum atomic E-state index is -0.0337. The first-order valence-corrected chi connectivity index (χ1v) is 6.05. The number of ether oxygens (including phenoxy) is 1. The molecule has 0 aliphatic rings. The van der Waals surface area contributed by atoms with E-state index in [-0.39, 0.29) is 5.84 Å². The van der Waals surface area contributed by atoms with E-state index >= 15 is 0 Å². The van der Waals surface area contributed by atoms with Crippen LogP contribution in [0.4, 0.5) is 0 Å². The summed E-state index contributed by atoms with van der Waals surface area (Å²) in [5.74, 6) is 1.08. The minimum absolute atomic E-state index is 0.0337. The number of hydrogen-bond acceptors (Lipinski definition) is 3. The van der Waals surface area contributed by atoms with Gasteiger partial charge in [0.15, 0.2) is 0 Å². The largest absolute Gasteiger partial charge is 0.438 e. The molecular weight excluding hydrogens is 238 g/mol. The van der Waals surface area contributed by atoms with Crippen LogP contribution in [0.1, 0.15) is 22.4 Å². The molecule has 0 saturated heterocycles. The van der Waals surface area contributed by atoms with E-state index in [1.165, 1.54) is 0 Å². The first kappa shape index (κ1) is 13.1. The Morgan fingerprint density at radius 1 is 1.16 bits per heavy atom. The summed E-state index contributed by atoms with van der Waals surface area (Å²) in [6.45, 7) is 5.75. The fourth-order valence-corrected chi connectivity index (χ4v) is 1.98. The van der Waals surface area contributed by atoms with Crippen LogP contribution in [-0.4, -0.2) is 10.8 Å². The van der Waals surface area contributed by atoms with Crippen molar-refractivity contribution in [3.05, 3.63) is 52.7 Å². The molecule has 0 aliphatic heterocycles. The maximum Gasteiger partial charge on any atom is 0.230 e. The molecule has 0 fully saturated rings. The van der Waals surface area contributed by atoms with Crippen molar-refractivity contribution in [3.63, 3.8) is 0 Å². The number of nitrogen functional groups attached to an aromatic ring is 1. The highest BCUT2D eigenvalue weighted by Gasteiger charge is 2.14. The predicted molar refractivity (Wildman–Crippen MR) is 76.0 cm³/mol. The summed E-state index contributed by atoms with van der Waals surface area (Å²) >= 11 is 0. The van der Waals surface area contributed by atoms with Gasteiger partial charge < -0.3 is 10.5 Å². The molecule has 4 nitrogen and oxygen atoms in total. The zero-order valence-electron chi connectivity index (χ0n) is 11.3. The second kappa shape index (κ2) is 5.10. The normalized spacial score (nSPS) is 10.3. The maximum absolute atomic E-state index is 7.66. The Bertz CT molecular complexity index is 635. The number of aryl methyl sites for hydroxylation is 3. The van der Waals surface area contributed by atoms with Crippen molar-refractivity contribution in [1.29, 1.82) is 5.41 Å². The van der Waals surface area contributed by atoms with Gasteiger partial charge in [-0.05, 0) is 44.0 Å². The van der Waals surface area contributed by atoms with Crippen LogP contribution < -0.4 is 10.5 Å². The van der Waals surface area contributed by atoms with Gasteiger partial charge in [0, 0.05) is 5.69 Å². The van der Waals surface area contributed by atoms with Crippen molar-refractivity contribution in [3.8, 4) is 11.6 Å². The Hall–Kier alpha value is -2.36. The number of aromatic nitrogens is 1. The summed E-state index contributed by atoms with van der Waals surface area (Å²) in [6.07, 6.45) is 0. The standard InChI is InChI=1S/C15H17N3O/c1-9-6-4-5-7-12(9)19-15-13(14(16)17)10(2)8-11(3)18-15/h4-8H,1-3H3,(H3,16,17). The first-order chi connectivity index (χ1) is 8.99. The molecule has 0 bridgehead atoms. The van der Waals surface area contributed by atoms with Gasteiger partial charge in [-0.2, -0.15) is 0 Å². The molecule has 1 heterocycles. The van der Waals surface area contributed by atoms with Crippen LogP contribution in [-0.2, 0) is 0 Å². The zero-order chi connectivity index (χ0) is 14.0. The molecule has 0 unspecified atom stereocenters. The van der Waals surface area contributed by atoms with E-state index in [2.05, 4.69) is 4.98 Å². The molecular formula is C15H17N3O. The minimum Gasteiger partial charge on any atom is -0.438 e. The summed E-state index contributed by atoms with van der Waals surface area (Å²) in [5, 5.41) is 7.66. The summed E-state index contributed by atoms with van der Waals surface area (Å²) in [7, 11) is 0. The van der Waals surface area contributed by atoms with Crippen molar-refractivity contribution >= 4 is 5.84 Å². The molecule has 0 saturated carbocycles. The Kier molecular flexibility index (Phi) is 3.51. The summed E-state index contributed by atoms with van der Waals surface area (Å²) in [6, 6.07) is 9.58. The number of nitrogens with two attached hydrogens (primary N) is 1. The fourth-order valence-electron chi connectivity index (χ4n) is 1.98. The average molecular weight is 255 g/mol. The third kappa shape index (κ3) is 2.73. The number of benzene rings is 1. The van der Waals surface area contributed by atoms with E-state index in [0.717, 1.165) is 22.6 Å². The molecule has 2 aromatic rings. The first-order valence-electron chi connectivity index (χ1n) is 6.05. The number of pyridine rings is 1. The fraction of sp³-hybridized carbons (Fsp3) is 0.200. The molecule has 1 aromatic carbocycles. The van der Waals surface area contributed by atoms with Crippen LogP contribution in [0.2, 0.25) is 0 Å². The molecule has 2 rings (SSSR count). The topological polar surface area (TPSA) is 72.0 Å². The van der Waals surface area contributed by atoms with Crippen LogP contribution in [0.25, 0.3) is 0 Å². The molecule has 4 heteroatoms. The van der Waals surface area contributed by atoms with E-state index in [1.54, 1.807) is 0 Å². The number of amidine groups is 1. The second-order valence-corrected chi connectivity index (χ2v) is 4.54. The number of para-hydroxylation sites is 1. The zero-order valence-corrected chi connectivity index (χ0v) is 11.3. The molecule has 0 aliphatic carbocycles. The average Bonchev–Trinajstić information content (AvgIpc) is 2.30. The molecule has 0 atom stereocenters. The molecule has 0 radical (unpaired) electrons. The summed E-state index contributed by atoms with van der Waals surface area (Å²) in [4.78, 5) is 4.35. The van der Waals surface area contributed by atoms with Crippen molar-refractivity contribution in [2.75, 3.05) is 0 Å². The maximum atomic E-state index is 7.66. The lowest BCUT2D eigenvalue weighted by Crippen LogP contribution is -2.15. The van der Waals surface area contributed by atoms with Crippen molar-refractivity contribution in [2.45, 2.75) is 20.8 Å². The van der Waals surface area contributed by atoms with E-state index in [0.29, 0.717) is 11.4 Å². The molecule has 3 N–H and O–H groups in total.